The number of halogens is 1. The molecule has 0 aromatic carbocycles. The van der Waals surface area contributed by atoms with E-state index in [4.69, 9.17) is 17.3 Å². The molecule has 0 radical (unpaired) electrons. The fraction of sp³-hybridized carbons (Fsp3) is 0.500. The van der Waals surface area contributed by atoms with Crippen molar-refractivity contribution in [1.82, 2.24) is 15.3 Å². The summed E-state index contributed by atoms with van der Waals surface area (Å²) in [6.45, 7) is 2.34. The lowest BCUT2D eigenvalue weighted by molar-refractivity contribution is -0.122. The van der Waals surface area contributed by atoms with E-state index in [1.54, 1.807) is 6.92 Å². The molecule has 6 nitrogen and oxygen atoms in total. The summed E-state index contributed by atoms with van der Waals surface area (Å²) in [7, 11) is 0. The summed E-state index contributed by atoms with van der Waals surface area (Å²) in [6, 6.07) is 0.125. The molecule has 17 heavy (non-hydrogen) atoms. The van der Waals surface area contributed by atoms with Crippen molar-refractivity contribution >= 4 is 29.0 Å². The normalized spacial score (nSPS) is 19.9. The van der Waals surface area contributed by atoms with Crippen LogP contribution in [0.3, 0.4) is 0 Å². The van der Waals surface area contributed by atoms with Crippen LogP contribution in [-0.2, 0) is 4.79 Å². The number of piperidine rings is 1. The highest BCUT2D eigenvalue weighted by molar-refractivity contribution is 6.28. The molecule has 2 rings (SSSR count). The lowest BCUT2D eigenvalue weighted by atomic mass is 10.1. The molecule has 2 heterocycles. The van der Waals surface area contributed by atoms with Gasteiger partial charge in [-0.1, -0.05) is 0 Å². The number of anilines is 2. The van der Waals surface area contributed by atoms with Gasteiger partial charge in [0.2, 0.25) is 11.2 Å². The number of nitrogens with one attached hydrogen (secondary N) is 2. The van der Waals surface area contributed by atoms with Crippen LogP contribution in [0.25, 0.3) is 0 Å². The number of carbonyl (C=O) groups is 1. The van der Waals surface area contributed by atoms with Crippen molar-refractivity contribution in [3.05, 3.63) is 11.0 Å². The molecule has 1 atom stereocenters. The lowest BCUT2D eigenvalue weighted by Crippen LogP contribution is -2.42. The van der Waals surface area contributed by atoms with Crippen LogP contribution in [0, 0.1) is 6.92 Å². The van der Waals surface area contributed by atoms with Gasteiger partial charge in [-0.25, -0.2) is 4.98 Å². The van der Waals surface area contributed by atoms with Gasteiger partial charge in [0, 0.05) is 19.0 Å². The average Bonchev–Trinajstić information content (AvgIpc) is 2.28. The van der Waals surface area contributed by atoms with Crippen LogP contribution in [0.4, 0.5) is 11.5 Å². The van der Waals surface area contributed by atoms with Crippen LogP contribution in [0.2, 0.25) is 5.28 Å². The fourth-order valence-electron chi connectivity index (χ4n) is 1.71. The van der Waals surface area contributed by atoms with Crippen LogP contribution < -0.4 is 16.4 Å². The second kappa shape index (κ2) is 4.75. The molecule has 0 bridgehead atoms. The van der Waals surface area contributed by atoms with Gasteiger partial charge in [0.25, 0.3) is 0 Å². The number of amides is 1. The summed E-state index contributed by atoms with van der Waals surface area (Å²) in [5.41, 5.74) is 7.00. The molecule has 1 aromatic rings. The molecule has 7 heteroatoms. The van der Waals surface area contributed by atoms with Crippen molar-refractivity contribution in [1.29, 1.82) is 0 Å². The topological polar surface area (TPSA) is 92.9 Å². The van der Waals surface area contributed by atoms with E-state index in [1.165, 1.54) is 0 Å². The smallest absolute Gasteiger partial charge is 0.224 e. The van der Waals surface area contributed by atoms with Crippen molar-refractivity contribution in [2.75, 3.05) is 17.6 Å². The number of aromatic nitrogens is 2. The maximum atomic E-state index is 11.0. The highest BCUT2D eigenvalue weighted by Gasteiger charge is 2.19. The zero-order valence-electron chi connectivity index (χ0n) is 9.46. The maximum Gasteiger partial charge on any atom is 0.224 e. The summed E-state index contributed by atoms with van der Waals surface area (Å²) < 4.78 is 0. The first-order valence-electron chi connectivity index (χ1n) is 5.39. The quantitative estimate of drug-likeness (QED) is 0.677. The first-order valence-corrected chi connectivity index (χ1v) is 5.77. The van der Waals surface area contributed by atoms with E-state index in [0.29, 0.717) is 30.2 Å². The second-order valence-electron chi connectivity index (χ2n) is 4.02. The Kier molecular flexibility index (Phi) is 3.33. The molecule has 4 N–H and O–H groups in total. The van der Waals surface area contributed by atoms with Crippen LogP contribution in [0.5, 0.6) is 0 Å². The standard InChI is InChI=1S/C10H14ClN5O/c1-5-8(12)9(16-10(11)14-5)15-6-2-3-7(17)13-4-6/h6H,2-4,12H2,1H3,(H,13,17)(H,14,15,16). The summed E-state index contributed by atoms with van der Waals surface area (Å²) >= 11 is 5.78. The van der Waals surface area contributed by atoms with Crippen molar-refractivity contribution in [3.63, 3.8) is 0 Å². The van der Waals surface area contributed by atoms with Gasteiger partial charge in [0.1, 0.15) is 0 Å². The molecule has 1 aliphatic heterocycles. The zero-order valence-corrected chi connectivity index (χ0v) is 10.2. The van der Waals surface area contributed by atoms with E-state index in [2.05, 4.69) is 20.6 Å². The number of carbonyl (C=O) groups excluding carboxylic acids is 1. The predicted octanol–water partition coefficient (Wildman–Crippen LogP) is 0.711. The van der Waals surface area contributed by atoms with Gasteiger partial charge >= 0.3 is 0 Å². The Morgan fingerprint density at radius 2 is 2.29 bits per heavy atom. The van der Waals surface area contributed by atoms with E-state index < -0.39 is 0 Å². The van der Waals surface area contributed by atoms with Crippen LogP contribution in [-0.4, -0.2) is 28.5 Å². The summed E-state index contributed by atoms with van der Waals surface area (Å²) in [4.78, 5) is 19.0. The van der Waals surface area contributed by atoms with E-state index >= 15 is 0 Å². The van der Waals surface area contributed by atoms with Gasteiger partial charge in [-0.2, -0.15) is 4.98 Å². The minimum atomic E-state index is 0.0768. The Bertz CT molecular complexity index is 441. The van der Waals surface area contributed by atoms with E-state index in [-0.39, 0.29) is 17.2 Å². The molecular weight excluding hydrogens is 242 g/mol. The minimum absolute atomic E-state index is 0.0768. The molecule has 0 saturated carbocycles. The number of hydrogen-bond acceptors (Lipinski definition) is 5. The Morgan fingerprint density at radius 1 is 1.53 bits per heavy atom. The number of rotatable bonds is 2. The van der Waals surface area contributed by atoms with Gasteiger partial charge in [-0.05, 0) is 24.9 Å². The van der Waals surface area contributed by atoms with E-state index in [1.807, 2.05) is 0 Å². The molecule has 1 amide bonds. The van der Waals surface area contributed by atoms with Gasteiger partial charge in [0.05, 0.1) is 11.4 Å². The van der Waals surface area contributed by atoms with Crippen molar-refractivity contribution in [3.8, 4) is 0 Å². The first-order chi connectivity index (χ1) is 8.06. The fourth-order valence-corrected chi connectivity index (χ4v) is 1.92. The Morgan fingerprint density at radius 3 is 2.94 bits per heavy atom. The molecule has 92 valence electrons. The molecule has 1 aliphatic rings. The number of hydrogen-bond donors (Lipinski definition) is 3. The number of nitrogens with zero attached hydrogens (tertiary/aromatic N) is 2. The average molecular weight is 256 g/mol. The van der Waals surface area contributed by atoms with E-state index in [0.717, 1.165) is 6.42 Å². The molecule has 1 saturated heterocycles. The van der Waals surface area contributed by atoms with Crippen molar-refractivity contribution in [2.24, 2.45) is 0 Å². The molecule has 1 unspecified atom stereocenters. The molecule has 0 spiro atoms. The zero-order chi connectivity index (χ0) is 12.4. The third-order valence-electron chi connectivity index (χ3n) is 2.72. The SMILES string of the molecule is Cc1nc(Cl)nc(NC2CCC(=O)NC2)c1N. The van der Waals surface area contributed by atoms with Crippen LogP contribution in [0.15, 0.2) is 0 Å². The van der Waals surface area contributed by atoms with Gasteiger partial charge in [-0.3, -0.25) is 4.79 Å². The second-order valence-corrected chi connectivity index (χ2v) is 4.36. The summed E-state index contributed by atoms with van der Waals surface area (Å²) in [6.07, 6.45) is 1.27. The van der Waals surface area contributed by atoms with Crippen LogP contribution in [0.1, 0.15) is 18.5 Å². The highest BCUT2D eigenvalue weighted by Crippen LogP contribution is 2.22. The Balaban J connectivity index is 2.10. The molecule has 1 fully saturated rings. The summed E-state index contributed by atoms with van der Waals surface area (Å²) in [5.74, 6) is 0.608. The maximum absolute atomic E-state index is 11.0. The number of nitrogen functional groups attached to an aromatic ring is 1. The van der Waals surface area contributed by atoms with E-state index in [9.17, 15) is 4.79 Å². The highest BCUT2D eigenvalue weighted by atomic mass is 35.5. The molecule has 0 aliphatic carbocycles. The van der Waals surface area contributed by atoms with Crippen molar-refractivity contribution < 1.29 is 4.79 Å². The monoisotopic (exact) mass is 255 g/mol. The first kappa shape index (κ1) is 11.9. The Labute approximate surface area is 104 Å². The van der Waals surface area contributed by atoms with Crippen LogP contribution >= 0.6 is 11.6 Å². The Hall–Kier alpha value is -1.56. The lowest BCUT2D eigenvalue weighted by Gasteiger charge is -2.24. The third kappa shape index (κ3) is 2.76. The predicted molar refractivity (Wildman–Crippen MR) is 65.8 cm³/mol. The third-order valence-corrected chi connectivity index (χ3v) is 2.88. The molecular formula is C10H14ClN5O. The van der Waals surface area contributed by atoms with Gasteiger partial charge in [0.15, 0.2) is 5.82 Å². The largest absolute Gasteiger partial charge is 0.394 e. The van der Waals surface area contributed by atoms with Crippen molar-refractivity contribution in [2.45, 2.75) is 25.8 Å². The number of nitrogens with two attached hydrogens (primary N) is 1. The summed E-state index contributed by atoms with van der Waals surface area (Å²) in [5, 5.41) is 6.12. The van der Waals surface area contributed by atoms with Gasteiger partial charge < -0.3 is 16.4 Å². The number of aryl methyl sites for hydroxylation is 1. The molecule has 1 aromatic heterocycles. The van der Waals surface area contributed by atoms with Gasteiger partial charge in [-0.15, -0.1) is 0 Å². The minimum Gasteiger partial charge on any atom is -0.394 e.